The Labute approximate surface area is 182 Å². The van der Waals surface area contributed by atoms with Gasteiger partial charge in [0.15, 0.2) is 0 Å². The normalized spacial score (nSPS) is 10.7. The lowest BCUT2D eigenvalue weighted by Gasteiger charge is -2.09. The van der Waals surface area contributed by atoms with Crippen LogP contribution in [0, 0.1) is 6.92 Å². The number of hydrazone groups is 1. The predicted octanol–water partition coefficient (Wildman–Crippen LogP) is 4.30. The van der Waals surface area contributed by atoms with Gasteiger partial charge in [-0.3, -0.25) is 9.59 Å². The van der Waals surface area contributed by atoms with Gasteiger partial charge in [-0.25, -0.2) is 5.43 Å². The van der Waals surface area contributed by atoms with Crippen molar-refractivity contribution in [3.63, 3.8) is 0 Å². The average Bonchev–Trinajstić information content (AvgIpc) is 2.70. The first kappa shape index (κ1) is 22.7. The van der Waals surface area contributed by atoms with Crippen LogP contribution >= 0.6 is 27.5 Å². The Balaban J connectivity index is 1.87. The largest absolute Gasteiger partial charge is 0.496 e. The summed E-state index contributed by atoms with van der Waals surface area (Å²) >= 11 is 9.42. The number of nitrogens with zero attached hydrogens (tertiary/aromatic N) is 1. The highest BCUT2D eigenvalue weighted by Crippen LogP contribution is 2.31. The van der Waals surface area contributed by atoms with Gasteiger partial charge >= 0.3 is 0 Å². The monoisotopic (exact) mass is 481 g/mol. The Morgan fingerprint density at radius 2 is 1.83 bits per heavy atom. The molecule has 2 aromatic carbocycles. The number of amides is 2. The lowest BCUT2D eigenvalue weighted by Crippen LogP contribution is -2.21. The van der Waals surface area contributed by atoms with E-state index in [0.717, 1.165) is 10.0 Å². The van der Waals surface area contributed by atoms with Gasteiger partial charge in [0.1, 0.15) is 11.5 Å². The van der Waals surface area contributed by atoms with Crippen molar-refractivity contribution in [2.24, 2.45) is 5.10 Å². The van der Waals surface area contributed by atoms with Crippen LogP contribution in [0.4, 0.5) is 5.69 Å². The van der Waals surface area contributed by atoms with Crippen LogP contribution in [0.15, 0.2) is 39.9 Å². The number of carbonyl (C=O) groups excluding carboxylic acids is 2. The van der Waals surface area contributed by atoms with Crippen molar-refractivity contribution in [1.82, 2.24) is 5.43 Å². The van der Waals surface area contributed by atoms with E-state index in [2.05, 4.69) is 31.8 Å². The minimum atomic E-state index is -0.384. The van der Waals surface area contributed by atoms with Crippen molar-refractivity contribution in [3.05, 3.63) is 51.0 Å². The second-order valence-electron chi connectivity index (χ2n) is 5.98. The summed E-state index contributed by atoms with van der Waals surface area (Å²) < 4.78 is 11.2. The first-order chi connectivity index (χ1) is 13.8. The highest BCUT2D eigenvalue weighted by molar-refractivity contribution is 9.10. The highest BCUT2D eigenvalue weighted by Gasteiger charge is 2.10. The van der Waals surface area contributed by atoms with Gasteiger partial charge in [0.2, 0.25) is 11.8 Å². The summed E-state index contributed by atoms with van der Waals surface area (Å²) in [6.07, 6.45) is 1.47. The van der Waals surface area contributed by atoms with Crippen molar-refractivity contribution in [1.29, 1.82) is 0 Å². The highest BCUT2D eigenvalue weighted by atomic mass is 79.9. The first-order valence-electron chi connectivity index (χ1n) is 8.64. The molecule has 0 unspecified atom stereocenters. The molecule has 0 heterocycles. The molecule has 2 N–H and O–H groups in total. The van der Waals surface area contributed by atoms with Crippen LogP contribution in [0.3, 0.4) is 0 Å². The predicted molar refractivity (Wildman–Crippen MR) is 117 cm³/mol. The molecule has 2 aromatic rings. The zero-order valence-corrected chi connectivity index (χ0v) is 18.6. The van der Waals surface area contributed by atoms with E-state index >= 15 is 0 Å². The third kappa shape index (κ3) is 6.47. The van der Waals surface area contributed by atoms with E-state index in [4.69, 9.17) is 21.1 Å². The molecular weight excluding hydrogens is 462 g/mol. The SMILES string of the molecule is COc1cc(OC)c(/C=N/NC(=O)CCC(=O)Nc2cccc(Cl)c2C)cc1Br. The van der Waals surface area contributed by atoms with E-state index in [0.29, 0.717) is 27.8 Å². The Morgan fingerprint density at radius 3 is 2.52 bits per heavy atom. The number of anilines is 1. The Bertz CT molecular complexity index is 934. The zero-order chi connectivity index (χ0) is 21.4. The molecule has 0 saturated heterocycles. The molecule has 154 valence electrons. The van der Waals surface area contributed by atoms with Gasteiger partial charge in [-0.2, -0.15) is 5.10 Å². The van der Waals surface area contributed by atoms with Crippen LogP contribution < -0.4 is 20.2 Å². The Morgan fingerprint density at radius 1 is 1.14 bits per heavy atom. The molecule has 0 aromatic heterocycles. The van der Waals surface area contributed by atoms with Gasteiger partial charge in [0.25, 0.3) is 0 Å². The summed E-state index contributed by atoms with van der Waals surface area (Å²) in [5, 5.41) is 7.23. The first-order valence-corrected chi connectivity index (χ1v) is 9.81. The minimum absolute atomic E-state index is 0.00771. The second-order valence-corrected chi connectivity index (χ2v) is 7.24. The molecule has 0 aliphatic heterocycles. The van der Waals surface area contributed by atoms with E-state index in [1.54, 1.807) is 37.4 Å². The van der Waals surface area contributed by atoms with Crippen LogP contribution in [0.1, 0.15) is 24.0 Å². The Hall–Kier alpha value is -2.58. The molecule has 7 nitrogen and oxygen atoms in total. The summed E-state index contributed by atoms with van der Waals surface area (Å²) in [7, 11) is 3.08. The molecule has 9 heteroatoms. The smallest absolute Gasteiger partial charge is 0.240 e. The van der Waals surface area contributed by atoms with E-state index in [9.17, 15) is 9.59 Å². The van der Waals surface area contributed by atoms with Crippen LogP contribution in [-0.2, 0) is 9.59 Å². The quantitative estimate of drug-likeness (QED) is 0.434. The number of methoxy groups -OCH3 is 2. The fourth-order valence-corrected chi connectivity index (χ4v) is 3.09. The Kier molecular flexibility index (Phi) is 8.48. The standard InChI is InChI=1S/C20H21BrClN3O4/c1-12-15(22)5-4-6-16(12)24-19(26)7-8-20(27)25-23-11-13-9-14(21)18(29-3)10-17(13)28-2/h4-6,9-11H,7-8H2,1-3H3,(H,24,26)(H,25,27)/b23-11+. The van der Waals surface area contributed by atoms with Crippen molar-refractivity contribution >= 4 is 51.2 Å². The molecule has 2 amide bonds. The van der Waals surface area contributed by atoms with Gasteiger partial charge in [0.05, 0.1) is 24.9 Å². The second kappa shape index (κ2) is 10.8. The third-order valence-corrected chi connectivity index (χ3v) is 5.05. The minimum Gasteiger partial charge on any atom is -0.496 e. The van der Waals surface area contributed by atoms with Gasteiger partial charge < -0.3 is 14.8 Å². The number of rotatable bonds is 8. The third-order valence-electron chi connectivity index (χ3n) is 4.02. The van der Waals surface area contributed by atoms with Crippen LogP contribution in [0.2, 0.25) is 5.02 Å². The molecule has 2 rings (SSSR count). The molecule has 0 atom stereocenters. The molecule has 0 fully saturated rings. The van der Waals surface area contributed by atoms with Crippen molar-refractivity contribution in [3.8, 4) is 11.5 Å². The molecule has 0 aliphatic rings. The maximum Gasteiger partial charge on any atom is 0.240 e. The molecule has 29 heavy (non-hydrogen) atoms. The molecule has 0 bridgehead atoms. The summed E-state index contributed by atoms with van der Waals surface area (Å²) in [4.78, 5) is 24.0. The van der Waals surface area contributed by atoms with Crippen LogP contribution in [0.25, 0.3) is 0 Å². The van der Waals surface area contributed by atoms with Gasteiger partial charge in [-0.05, 0) is 46.6 Å². The van der Waals surface area contributed by atoms with Gasteiger partial charge in [-0.1, -0.05) is 17.7 Å². The summed E-state index contributed by atoms with van der Waals surface area (Å²) in [5.74, 6) is 0.490. The maximum atomic E-state index is 12.1. The molecule has 0 aliphatic carbocycles. The van der Waals surface area contributed by atoms with Gasteiger partial charge in [0, 0.05) is 35.2 Å². The van der Waals surface area contributed by atoms with Crippen molar-refractivity contribution < 1.29 is 19.1 Å². The van der Waals surface area contributed by atoms with E-state index in [1.807, 2.05) is 6.92 Å². The number of benzene rings is 2. The fourth-order valence-electron chi connectivity index (χ4n) is 2.40. The fraction of sp³-hybridized carbons (Fsp3) is 0.250. The lowest BCUT2D eigenvalue weighted by atomic mass is 10.2. The topological polar surface area (TPSA) is 89.0 Å². The summed E-state index contributed by atoms with van der Waals surface area (Å²) in [6.45, 7) is 1.81. The van der Waals surface area contributed by atoms with E-state index < -0.39 is 0 Å². The summed E-state index contributed by atoms with van der Waals surface area (Å²) in [5.41, 5.74) is 4.44. The average molecular weight is 483 g/mol. The van der Waals surface area contributed by atoms with Crippen LogP contribution in [-0.4, -0.2) is 32.2 Å². The number of halogens is 2. The zero-order valence-electron chi connectivity index (χ0n) is 16.2. The number of hydrogen-bond acceptors (Lipinski definition) is 5. The van der Waals surface area contributed by atoms with Crippen LogP contribution in [0.5, 0.6) is 11.5 Å². The molecule has 0 saturated carbocycles. The maximum absolute atomic E-state index is 12.1. The molecule has 0 spiro atoms. The van der Waals surface area contributed by atoms with Crippen molar-refractivity contribution in [2.45, 2.75) is 19.8 Å². The number of carbonyl (C=O) groups is 2. The molecular formula is C20H21BrClN3O4. The van der Waals surface area contributed by atoms with E-state index in [-0.39, 0.29) is 24.7 Å². The summed E-state index contributed by atoms with van der Waals surface area (Å²) in [6, 6.07) is 8.71. The number of nitrogens with one attached hydrogen (secondary N) is 2. The number of ether oxygens (including phenoxy) is 2. The number of hydrogen-bond donors (Lipinski definition) is 2. The van der Waals surface area contributed by atoms with Gasteiger partial charge in [-0.15, -0.1) is 0 Å². The van der Waals surface area contributed by atoms with Crippen molar-refractivity contribution in [2.75, 3.05) is 19.5 Å². The lowest BCUT2D eigenvalue weighted by molar-refractivity contribution is -0.124. The molecule has 0 radical (unpaired) electrons. The van der Waals surface area contributed by atoms with E-state index in [1.165, 1.54) is 13.3 Å².